The van der Waals surface area contributed by atoms with E-state index in [0.717, 1.165) is 30.7 Å². The van der Waals surface area contributed by atoms with Crippen molar-refractivity contribution in [2.75, 3.05) is 0 Å². The highest BCUT2D eigenvalue weighted by atomic mass is 16.5. The molecule has 1 fully saturated rings. The molecule has 1 aliphatic carbocycles. The lowest BCUT2D eigenvalue weighted by molar-refractivity contribution is -0.134. The topological polar surface area (TPSA) is 91.5 Å². The van der Waals surface area contributed by atoms with Gasteiger partial charge in [-0.3, -0.25) is 4.79 Å². The van der Waals surface area contributed by atoms with Gasteiger partial charge in [0.15, 0.2) is 0 Å². The SMILES string of the molecule is CCCCCCc1ccc(C(=O)Oc2ccc(-c3nc(-c4ccc(OC(=O)CCC5CCC(CCC)CC5)cc4)no3)cc2)cc1. The van der Waals surface area contributed by atoms with Crippen molar-refractivity contribution >= 4 is 11.9 Å². The molecule has 1 aromatic heterocycles. The number of rotatable bonds is 15. The third-order valence-corrected chi connectivity index (χ3v) is 9.01. The Balaban J connectivity index is 1.08. The molecule has 4 aromatic rings. The number of carbonyl (C=O) groups is 2. The summed E-state index contributed by atoms with van der Waals surface area (Å²) in [5.74, 6) is 2.63. The van der Waals surface area contributed by atoms with E-state index in [9.17, 15) is 9.59 Å². The first-order chi connectivity index (χ1) is 22.5. The van der Waals surface area contributed by atoms with Gasteiger partial charge in [0.1, 0.15) is 11.5 Å². The summed E-state index contributed by atoms with van der Waals surface area (Å²) in [6.07, 6.45) is 14.9. The molecule has 7 heteroatoms. The number of ether oxygens (including phenoxy) is 2. The maximum Gasteiger partial charge on any atom is 0.343 e. The number of benzene rings is 3. The molecule has 7 nitrogen and oxygen atoms in total. The quantitative estimate of drug-likeness (QED) is 0.0740. The fourth-order valence-corrected chi connectivity index (χ4v) is 6.25. The Hall–Kier alpha value is -4.26. The van der Waals surface area contributed by atoms with E-state index in [2.05, 4.69) is 24.0 Å². The average Bonchev–Trinajstić information content (AvgIpc) is 3.58. The predicted octanol–water partition coefficient (Wildman–Crippen LogP) is 10.0. The highest BCUT2D eigenvalue weighted by Gasteiger charge is 2.21. The van der Waals surface area contributed by atoms with E-state index in [-0.39, 0.29) is 5.97 Å². The number of nitrogens with zero attached hydrogens (tertiary/aromatic N) is 2. The van der Waals surface area contributed by atoms with Crippen LogP contribution in [0.2, 0.25) is 0 Å². The van der Waals surface area contributed by atoms with Crippen LogP contribution in [0.5, 0.6) is 11.5 Å². The zero-order chi connectivity index (χ0) is 32.1. The smallest absolute Gasteiger partial charge is 0.343 e. The summed E-state index contributed by atoms with van der Waals surface area (Å²) in [4.78, 5) is 29.6. The first-order valence-electron chi connectivity index (χ1n) is 17.1. The standard InChI is InChI=1S/C39H46N2O5/c1-3-5-6-7-9-29-14-17-33(18-15-29)39(43)45-35-25-21-32(22-26-35)38-40-37(41-46-38)31-19-23-34(24-20-31)44-36(42)27-16-30-12-10-28(8-4-2)11-13-30/h14-15,17-26,28,30H,3-13,16,27H2,1-2H3. The molecule has 0 N–H and O–H groups in total. The Kier molecular flexibility index (Phi) is 12.2. The Labute approximate surface area is 272 Å². The van der Waals surface area contributed by atoms with Gasteiger partial charge in [-0.25, -0.2) is 4.79 Å². The van der Waals surface area contributed by atoms with Crippen LogP contribution >= 0.6 is 0 Å². The lowest BCUT2D eigenvalue weighted by Gasteiger charge is -2.28. The minimum atomic E-state index is -0.399. The van der Waals surface area contributed by atoms with Crippen molar-refractivity contribution in [3.05, 3.63) is 83.9 Å². The maximum atomic E-state index is 12.7. The number of aryl methyl sites for hydroxylation is 1. The molecule has 0 aliphatic heterocycles. The van der Waals surface area contributed by atoms with E-state index in [0.29, 0.717) is 46.7 Å². The Bertz CT molecular complexity index is 1520. The van der Waals surface area contributed by atoms with Crippen molar-refractivity contribution in [3.8, 4) is 34.3 Å². The molecule has 0 bridgehead atoms. The third-order valence-electron chi connectivity index (χ3n) is 9.01. The van der Waals surface area contributed by atoms with Crippen molar-refractivity contribution in [3.63, 3.8) is 0 Å². The van der Waals surface area contributed by atoms with Crippen molar-refractivity contribution in [2.24, 2.45) is 11.8 Å². The molecule has 242 valence electrons. The summed E-state index contributed by atoms with van der Waals surface area (Å²) in [5, 5.41) is 4.12. The highest BCUT2D eigenvalue weighted by Crippen LogP contribution is 2.34. The van der Waals surface area contributed by atoms with Gasteiger partial charge in [0.2, 0.25) is 5.82 Å². The lowest BCUT2D eigenvalue weighted by Crippen LogP contribution is -2.16. The minimum Gasteiger partial charge on any atom is -0.427 e. The first kappa shape index (κ1) is 33.1. The van der Waals surface area contributed by atoms with E-state index in [1.165, 1.54) is 63.4 Å². The summed E-state index contributed by atoms with van der Waals surface area (Å²) in [7, 11) is 0. The van der Waals surface area contributed by atoms with E-state index < -0.39 is 5.97 Å². The van der Waals surface area contributed by atoms with Crippen LogP contribution in [0.3, 0.4) is 0 Å². The van der Waals surface area contributed by atoms with Crippen LogP contribution in [0, 0.1) is 11.8 Å². The molecule has 0 saturated heterocycles. The van der Waals surface area contributed by atoms with Crippen LogP contribution in [-0.2, 0) is 11.2 Å². The van der Waals surface area contributed by atoms with Gasteiger partial charge in [-0.05, 0) is 97.3 Å². The zero-order valence-corrected chi connectivity index (χ0v) is 27.2. The van der Waals surface area contributed by atoms with Crippen molar-refractivity contribution in [2.45, 2.75) is 97.3 Å². The molecule has 46 heavy (non-hydrogen) atoms. The molecule has 1 aliphatic rings. The van der Waals surface area contributed by atoms with Crippen molar-refractivity contribution in [1.29, 1.82) is 0 Å². The van der Waals surface area contributed by atoms with Crippen LogP contribution in [-0.4, -0.2) is 22.1 Å². The van der Waals surface area contributed by atoms with Gasteiger partial charge in [0.05, 0.1) is 5.56 Å². The van der Waals surface area contributed by atoms with Gasteiger partial charge in [-0.2, -0.15) is 4.98 Å². The number of carbonyl (C=O) groups excluding carboxylic acids is 2. The molecule has 0 amide bonds. The second-order valence-electron chi connectivity index (χ2n) is 12.6. The first-order valence-corrected chi connectivity index (χ1v) is 17.1. The fourth-order valence-electron chi connectivity index (χ4n) is 6.25. The Morgan fingerprint density at radius 3 is 2.00 bits per heavy atom. The number of aromatic nitrogens is 2. The predicted molar refractivity (Wildman–Crippen MR) is 180 cm³/mol. The van der Waals surface area contributed by atoms with E-state index in [1.54, 1.807) is 36.4 Å². The molecule has 3 aromatic carbocycles. The number of hydrogen-bond donors (Lipinski definition) is 0. The summed E-state index contributed by atoms with van der Waals surface area (Å²) in [5.41, 5.74) is 3.20. The van der Waals surface area contributed by atoms with Crippen LogP contribution in [0.25, 0.3) is 22.8 Å². The fraction of sp³-hybridized carbons (Fsp3) is 0.436. The highest BCUT2D eigenvalue weighted by molar-refractivity contribution is 5.91. The molecule has 0 atom stereocenters. The number of hydrogen-bond acceptors (Lipinski definition) is 7. The van der Waals surface area contributed by atoms with Gasteiger partial charge in [-0.15, -0.1) is 0 Å². The normalized spacial score (nSPS) is 16.2. The van der Waals surface area contributed by atoms with Crippen molar-refractivity contribution < 1.29 is 23.6 Å². The molecular formula is C39H46N2O5. The third kappa shape index (κ3) is 9.62. The number of unbranched alkanes of at least 4 members (excludes halogenated alkanes) is 3. The summed E-state index contributed by atoms with van der Waals surface area (Å²) >= 11 is 0. The Morgan fingerprint density at radius 1 is 0.717 bits per heavy atom. The largest absolute Gasteiger partial charge is 0.427 e. The van der Waals surface area contributed by atoms with Gasteiger partial charge in [-0.1, -0.05) is 88.9 Å². The summed E-state index contributed by atoms with van der Waals surface area (Å²) in [6.45, 7) is 4.46. The second kappa shape index (κ2) is 16.9. The Morgan fingerprint density at radius 2 is 1.35 bits per heavy atom. The molecular weight excluding hydrogens is 576 g/mol. The van der Waals surface area contributed by atoms with Gasteiger partial charge in [0.25, 0.3) is 5.89 Å². The molecule has 5 rings (SSSR count). The van der Waals surface area contributed by atoms with Crippen LogP contribution < -0.4 is 9.47 Å². The lowest BCUT2D eigenvalue weighted by atomic mass is 9.78. The van der Waals surface area contributed by atoms with Crippen LogP contribution in [0.15, 0.2) is 77.3 Å². The molecule has 0 radical (unpaired) electrons. The average molecular weight is 623 g/mol. The summed E-state index contributed by atoms with van der Waals surface area (Å²) < 4.78 is 16.7. The second-order valence-corrected chi connectivity index (χ2v) is 12.6. The molecule has 0 unspecified atom stereocenters. The van der Waals surface area contributed by atoms with Gasteiger partial charge >= 0.3 is 11.9 Å². The van der Waals surface area contributed by atoms with Crippen molar-refractivity contribution in [1.82, 2.24) is 10.1 Å². The van der Waals surface area contributed by atoms with Crippen LogP contribution in [0.1, 0.15) is 107 Å². The van der Waals surface area contributed by atoms with E-state index in [1.807, 2.05) is 36.4 Å². The zero-order valence-electron chi connectivity index (χ0n) is 27.2. The summed E-state index contributed by atoms with van der Waals surface area (Å²) in [6, 6.07) is 21.7. The van der Waals surface area contributed by atoms with Gasteiger partial charge < -0.3 is 14.0 Å². The maximum absolute atomic E-state index is 12.7. The minimum absolute atomic E-state index is 0.189. The van der Waals surface area contributed by atoms with Crippen LogP contribution in [0.4, 0.5) is 0 Å². The molecule has 0 spiro atoms. The number of esters is 2. The van der Waals surface area contributed by atoms with E-state index >= 15 is 0 Å². The van der Waals surface area contributed by atoms with E-state index in [4.69, 9.17) is 14.0 Å². The monoisotopic (exact) mass is 622 g/mol. The van der Waals surface area contributed by atoms with Gasteiger partial charge in [0, 0.05) is 17.5 Å². The molecule has 1 heterocycles. The molecule has 1 saturated carbocycles.